The average Bonchev–Trinajstić information content (AvgIpc) is 3.36. The highest BCUT2D eigenvalue weighted by Gasteiger charge is 2.35. The van der Waals surface area contributed by atoms with Crippen LogP contribution in [-0.2, 0) is 13.6 Å². The Bertz CT molecular complexity index is 924. The van der Waals surface area contributed by atoms with Gasteiger partial charge in [-0.05, 0) is 32.0 Å². The van der Waals surface area contributed by atoms with Crippen LogP contribution in [0.5, 0.6) is 5.88 Å². The molecule has 0 radical (unpaired) electrons. The van der Waals surface area contributed by atoms with E-state index in [1.165, 1.54) is 30.9 Å². The van der Waals surface area contributed by atoms with Gasteiger partial charge in [0.15, 0.2) is 0 Å². The van der Waals surface area contributed by atoms with Gasteiger partial charge in [0.2, 0.25) is 11.7 Å². The lowest BCUT2D eigenvalue weighted by molar-refractivity contribution is -0.144. The summed E-state index contributed by atoms with van der Waals surface area (Å²) in [4.78, 5) is 14.1. The summed E-state index contributed by atoms with van der Waals surface area (Å²) in [6, 6.07) is 2.82. The maximum atomic E-state index is 13.1. The number of benzene rings is 1. The summed E-state index contributed by atoms with van der Waals surface area (Å²) in [5, 5.41) is 14.6. The number of aromatic hydroxyl groups is 1. The molecular weight excluding hydrogens is 418 g/mol. The number of rotatable bonds is 6. The highest BCUT2D eigenvalue weighted by atomic mass is 35.5. The van der Waals surface area contributed by atoms with E-state index in [4.69, 9.17) is 23.2 Å². The largest absolute Gasteiger partial charge is 0.493 e. The van der Waals surface area contributed by atoms with Gasteiger partial charge < -0.3 is 5.11 Å². The van der Waals surface area contributed by atoms with Gasteiger partial charge in [0.1, 0.15) is 5.56 Å². The van der Waals surface area contributed by atoms with Gasteiger partial charge in [-0.3, -0.25) is 9.69 Å². The molecule has 0 amide bonds. The molecule has 152 valence electrons. The third-order valence-corrected chi connectivity index (χ3v) is 5.33. The third kappa shape index (κ3) is 4.29. The van der Waals surface area contributed by atoms with E-state index >= 15 is 0 Å². The van der Waals surface area contributed by atoms with E-state index in [-0.39, 0.29) is 45.1 Å². The summed E-state index contributed by atoms with van der Waals surface area (Å²) < 4.78 is 39.1. The second-order valence-electron chi connectivity index (χ2n) is 6.99. The van der Waals surface area contributed by atoms with Crippen LogP contribution >= 0.6 is 23.2 Å². The van der Waals surface area contributed by atoms with Crippen LogP contribution in [0.1, 0.15) is 45.9 Å². The fourth-order valence-electron chi connectivity index (χ4n) is 3.08. The van der Waals surface area contributed by atoms with Crippen molar-refractivity contribution in [3.63, 3.8) is 0 Å². The fourth-order valence-corrected chi connectivity index (χ4v) is 3.66. The zero-order chi connectivity index (χ0) is 20.8. The molecule has 1 N–H and O–H groups in total. The van der Waals surface area contributed by atoms with Crippen LogP contribution in [0.2, 0.25) is 10.0 Å². The Morgan fingerprint density at radius 3 is 2.57 bits per heavy atom. The standard InChI is InChI=1S/C18H18Cl2F3N3O2/c1-25(8-18(21,22)23)7-11-12(19)6-5-10(14(11)20)16(27)13-15(9-3-4-9)24-26(2)17(13)28/h5-6,9,28H,3-4,7-8H2,1-2H3. The number of aryl methyl sites for hydroxylation is 1. The van der Waals surface area contributed by atoms with Gasteiger partial charge in [-0.15, -0.1) is 0 Å². The number of hydrogen-bond donors (Lipinski definition) is 1. The minimum atomic E-state index is -4.37. The number of carbonyl (C=O) groups excluding carboxylic acids is 1. The smallest absolute Gasteiger partial charge is 0.401 e. The molecule has 5 nitrogen and oxygen atoms in total. The van der Waals surface area contributed by atoms with Crippen molar-refractivity contribution in [3.05, 3.63) is 44.6 Å². The van der Waals surface area contributed by atoms with Crippen LogP contribution in [0.15, 0.2) is 12.1 Å². The highest BCUT2D eigenvalue weighted by Crippen LogP contribution is 2.44. The monoisotopic (exact) mass is 435 g/mol. The van der Waals surface area contributed by atoms with E-state index in [2.05, 4.69) is 5.10 Å². The molecule has 0 unspecified atom stereocenters. The summed E-state index contributed by atoms with van der Waals surface area (Å²) in [7, 11) is 2.81. The van der Waals surface area contributed by atoms with Gasteiger partial charge in [0.05, 0.1) is 17.3 Å². The molecule has 28 heavy (non-hydrogen) atoms. The SMILES string of the molecule is CN(Cc1c(Cl)ccc(C(=O)c2c(C3CC3)nn(C)c2O)c1Cl)CC(F)(F)F. The quantitative estimate of drug-likeness (QED) is 0.676. The first-order chi connectivity index (χ1) is 13.0. The van der Waals surface area contributed by atoms with Crippen molar-refractivity contribution in [2.75, 3.05) is 13.6 Å². The lowest BCUT2D eigenvalue weighted by Crippen LogP contribution is -2.30. The second-order valence-corrected chi connectivity index (χ2v) is 7.77. The molecule has 3 rings (SSSR count). The zero-order valence-corrected chi connectivity index (χ0v) is 16.7. The number of carbonyl (C=O) groups is 1. The van der Waals surface area contributed by atoms with Crippen molar-refractivity contribution in [1.82, 2.24) is 14.7 Å². The minimum Gasteiger partial charge on any atom is -0.493 e. The predicted molar refractivity (Wildman–Crippen MR) is 99.1 cm³/mol. The van der Waals surface area contributed by atoms with Gasteiger partial charge in [-0.25, -0.2) is 4.68 Å². The Kier molecular flexibility index (Phi) is 5.67. The maximum Gasteiger partial charge on any atom is 0.401 e. The number of hydrogen-bond acceptors (Lipinski definition) is 4. The molecule has 1 aliphatic rings. The molecule has 0 atom stereocenters. The van der Waals surface area contributed by atoms with Crippen LogP contribution in [0.25, 0.3) is 0 Å². The molecule has 0 bridgehead atoms. The van der Waals surface area contributed by atoms with Crippen LogP contribution in [0, 0.1) is 0 Å². The number of ketones is 1. The van der Waals surface area contributed by atoms with Crippen molar-refractivity contribution in [2.24, 2.45) is 7.05 Å². The van der Waals surface area contributed by atoms with Crippen LogP contribution in [0.3, 0.4) is 0 Å². The molecule has 1 aromatic heterocycles. The van der Waals surface area contributed by atoms with Gasteiger partial charge in [-0.1, -0.05) is 23.2 Å². The average molecular weight is 436 g/mol. The molecule has 1 aliphatic carbocycles. The Labute approximate surface area is 169 Å². The summed E-state index contributed by atoms with van der Waals surface area (Å²) in [6.07, 6.45) is -2.63. The first kappa shape index (κ1) is 21.0. The van der Waals surface area contributed by atoms with Crippen LogP contribution in [-0.4, -0.2) is 45.3 Å². The summed E-state index contributed by atoms with van der Waals surface area (Å²) in [6.45, 7) is -1.33. The van der Waals surface area contributed by atoms with Crippen molar-refractivity contribution < 1.29 is 23.1 Å². The molecule has 10 heteroatoms. The molecular formula is C18H18Cl2F3N3O2. The summed E-state index contributed by atoms with van der Waals surface area (Å²) >= 11 is 12.5. The molecule has 2 aromatic rings. The zero-order valence-electron chi connectivity index (χ0n) is 15.1. The number of aromatic nitrogens is 2. The van der Waals surface area contributed by atoms with E-state index in [1.807, 2.05) is 0 Å². The van der Waals surface area contributed by atoms with E-state index in [0.717, 1.165) is 17.7 Å². The Hall–Kier alpha value is -1.77. The van der Waals surface area contributed by atoms with E-state index in [0.29, 0.717) is 5.69 Å². The number of nitrogens with zero attached hydrogens (tertiary/aromatic N) is 3. The van der Waals surface area contributed by atoms with Gasteiger partial charge in [-0.2, -0.15) is 18.3 Å². The lowest BCUT2D eigenvalue weighted by atomic mass is 9.99. The van der Waals surface area contributed by atoms with Gasteiger partial charge in [0, 0.05) is 35.7 Å². The molecule has 1 aromatic carbocycles. The predicted octanol–water partition coefficient (Wildman–Crippen LogP) is 4.54. The minimum absolute atomic E-state index is 0.0310. The second kappa shape index (κ2) is 7.57. The highest BCUT2D eigenvalue weighted by molar-refractivity contribution is 6.39. The third-order valence-electron chi connectivity index (χ3n) is 4.54. The molecule has 1 saturated carbocycles. The normalized spacial score (nSPS) is 14.7. The van der Waals surface area contributed by atoms with Crippen LogP contribution in [0.4, 0.5) is 13.2 Å². The van der Waals surface area contributed by atoms with Gasteiger partial charge >= 0.3 is 6.18 Å². The number of alkyl halides is 3. The van der Waals surface area contributed by atoms with Crippen molar-refractivity contribution in [3.8, 4) is 5.88 Å². The summed E-state index contributed by atoms with van der Waals surface area (Å²) in [5.74, 6) is -0.697. The molecule has 1 fully saturated rings. The van der Waals surface area contributed by atoms with E-state index < -0.39 is 18.5 Å². The fraction of sp³-hybridized carbons (Fsp3) is 0.444. The number of halogens is 5. The summed E-state index contributed by atoms with van der Waals surface area (Å²) in [5.41, 5.74) is 0.861. The van der Waals surface area contributed by atoms with Crippen LogP contribution < -0.4 is 0 Å². The lowest BCUT2D eigenvalue weighted by Gasteiger charge is -2.20. The molecule has 0 aliphatic heterocycles. The van der Waals surface area contributed by atoms with Gasteiger partial charge in [0.25, 0.3) is 0 Å². The molecule has 0 spiro atoms. The Morgan fingerprint density at radius 2 is 2.00 bits per heavy atom. The van der Waals surface area contributed by atoms with Crippen molar-refractivity contribution >= 4 is 29.0 Å². The maximum absolute atomic E-state index is 13.1. The van der Waals surface area contributed by atoms with E-state index in [1.54, 1.807) is 0 Å². The Morgan fingerprint density at radius 1 is 1.36 bits per heavy atom. The molecule has 1 heterocycles. The van der Waals surface area contributed by atoms with Crippen molar-refractivity contribution in [2.45, 2.75) is 31.5 Å². The first-order valence-electron chi connectivity index (χ1n) is 8.52. The van der Waals surface area contributed by atoms with E-state index in [9.17, 15) is 23.1 Å². The molecule has 0 saturated heterocycles. The topological polar surface area (TPSA) is 58.4 Å². The first-order valence-corrected chi connectivity index (χ1v) is 9.28. The van der Waals surface area contributed by atoms with Crippen molar-refractivity contribution in [1.29, 1.82) is 0 Å². The Balaban J connectivity index is 1.97.